The molecule has 0 spiro atoms. The van der Waals surface area contributed by atoms with E-state index in [1.54, 1.807) is 14.2 Å². The van der Waals surface area contributed by atoms with Crippen molar-refractivity contribution in [2.45, 2.75) is 12.7 Å². The van der Waals surface area contributed by atoms with Crippen LogP contribution < -0.4 is 9.80 Å². The lowest BCUT2D eigenvalue weighted by Gasteiger charge is -2.35. The molecule has 2 aromatic rings. The van der Waals surface area contributed by atoms with Crippen LogP contribution in [0.5, 0.6) is 0 Å². The van der Waals surface area contributed by atoms with Gasteiger partial charge in [0, 0.05) is 21.3 Å². The van der Waals surface area contributed by atoms with E-state index in [1.165, 1.54) is 16.9 Å². The van der Waals surface area contributed by atoms with Crippen molar-refractivity contribution in [2.24, 2.45) is 0 Å². The molecule has 0 aromatic heterocycles. The standard InChI is InChI=1S/C18H24N2O2Si/c1-19-16-12-8-9-13-17(16)20(14-23(4,21-2)22-3)18(19)15-10-6-5-7-11-15/h5-13,18H,14H2,1-4H3. The van der Waals surface area contributed by atoms with Crippen molar-refractivity contribution >= 4 is 19.9 Å². The zero-order chi connectivity index (χ0) is 16.4. The molecule has 2 aromatic carbocycles. The third-order valence-electron chi connectivity index (χ3n) is 4.65. The highest BCUT2D eigenvalue weighted by atomic mass is 28.4. The highest BCUT2D eigenvalue weighted by Crippen LogP contribution is 2.45. The normalized spacial score (nSPS) is 17.5. The van der Waals surface area contributed by atoms with Crippen molar-refractivity contribution in [3.63, 3.8) is 0 Å². The smallest absolute Gasteiger partial charge is 0.354 e. The zero-order valence-corrected chi connectivity index (χ0v) is 15.2. The van der Waals surface area contributed by atoms with Crippen molar-refractivity contribution < 1.29 is 8.85 Å². The Hall–Kier alpha value is -1.82. The first-order chi connectivity index (χ1) is 11.1. The molecule has 0 N–H and O–H groups in total. The molecule has 122 valence electrons. The average Bonchev–Trinajstić information content (AvgIpc) is 2.88. The fourth-order valence-electron chi connectivity index (χ4n) is 3.20. The largest absolute Gasteiger partial charge is 0.397 e. The quantitative estimate of drug-likeness (QED) is 0.784. The second-order valence-electron chi connectivity index (χ2n) is 6.05. The van der Waals surface area contributed by atoms with Gasteiger partial charge < -0.3 is 18.7 Å². The van der Waals surface area contributed by atoms with E-state index in [0.717, 1.165) is 6.17 Å². The van der Waals surface area contributed by atoms with E-state index in [4.69, 9.17) is 8.85 Å². The first-order valence-electron chi connectivity index (χ1n) is 7.83. The van der Waals surface area contributed by atoms with Gasteiger partial charge in [-0.25, -0.2) is 0 Å². The molecule has 0 amide bonds. The lowest BCUT2D eigenvalue weighted by molar-refractivity contribution is 0.249. The van der Waals surface area contributed by atoms with Crippen LogP contribution in [-0.2, 0) is 8.85 Å². The van der Waals surface area contributed by atoms with Gasteiger partial charge in [-0.2, -0.15) is 0 Å². The molecule has 1 aliphatic heterocycles. The Labute approximate surface area is 139 Å². The predicted octanol–water partition coefficient (Wildman–Crippen LogP) is 3.55. The molecule has 4 nitrogen and oxygen atoms in total. The summed E-state index contributed by atoms with van der Waals surface area (Å²) >= 11 is 0. The zero-order valence-electron chi connectivity index (χ0n) is 14.2. The minimum atomic E-state index is -2.24. The maximum absolute atomic E-state index is 5.74. The summed E-state index contributed by atoms with van der Waals surface area (Å²) in [5, 5.41) is 0. The van der Waals surface area contributed by atoms with E-state index in [9.17, 15) is 0 Å². The molecule has 3 rings (SSSR count). The third kappa shape index (κ3) is 2.87. The molecule has 0 bridgehead atoms. The van der Waals surface area contributed by atoms with Crippen molar-refractivity contribution in [3.05, 3.63) is 60.2 Å². The summed E-state index contributed by atoms with van der Waals surface area (Å²) in [5.74, 6) is 0. The fourth-order valence-corrected chi connectivity index (χ4v) is 4.59. The van der Waals surface area contributed by atoms with Gasteiger partial charge in [0.2, 0.25) is 0 Å². The Morgan fingerprint density at radius 1 is 0.913 bits per heavy atom. The number of anilines is 2. The Kier molecular flexibility index (Phi) is 4.43. The van der Waals surface area contributed by atoms with Crippen molar-refractivity contribution in [2.75, 3.05) is 37.2 Å². The van der Waals surface area contributed by atoms with Gasteiger partial charge in [-0.3, -0.25) is 0 Å². The van der Waals surface area contributed by atoms with E-state index in [2.05, 4.69) is 78.0 Å². The third-order valence-corrected chi connectivity index (χ3v) is 7.29. The summed E-state index contributed by atoms with van der Waals surface area (Å²) in [6, 6.07) is 19.1. The van der Waals surface area contributed by atoms with E-state index >= 15 is 0 Å². The molecule has 5 heteroatoms. The molecule has 1 atom stereocenters. The molecule has 1 heterocycles. The van der Waals surface area contributed by atoms with E-state index in [0.29, 0.717) is 0 Å². The molecule has 0 fully saturated rings. The summed E-state index contributed by atoms with van der Waals surface area (Å²) in [6.07, 6.45) is 0.937. The van der Waals surface area contributed by atoms with E-state index in [1.807, 2.05) is 0 Å². The van der Waals surface area contributed by atoms with Crippen LogP contribution in [0.1, 0.15) is 11.7 Å². The summed E-state index contributed by atoms with van der Waals surface area (Å²) in [6.45, 7) is 2.11. The van der Waals surface area contributed by atoms with Crippen LogP contribution in [0.2, 0.25) is 6.55 Å². The van der Waals surface area contributed by atoms with Gasteiger partial charge in [0.1, 0.15) is 6.17 Å². The molecule has 0 saturated heterocycles. The first kappa shape index (κ1) is 16.0. The molecule has 0 radical (unpaired) electrons. The minimum absolute atomic E-state index is 0.158. The van der Waals surface area contributed by atoms with Crippen molar-refractivity contribution in [3.8, 4) is 0 Å². The first-order valence-corrected chi connectivity index (χ1v) is 10.4. The van der Waals surface area contributed by atoms with Crippen LogP contribution in [0.25, 0.3) is 0 Å². The minimum Gasteiger partial charge on any atom is -0.397 e. The lowest BCUT2D eigenvalue weighted by atomic mass is 10.1. The Morgan fingerprint density at radius 2 is 1.48 bits per heavy atom. The van der Waals surface area contributed by atoms with Crippen LogP contribution in [0.15, 0.2) is 54.6 Å². The highest BCUT2D eigenvalue weighted by molar-refractivity contribution is 6.66. The van der Waals surface area contributed by atoms with Gasteiger partial charge in [-0.15, -0.1) is 0 Å². The van der Waals surface area contributed by atoms with E-state index in [-0.39, 0.29) is 6.17 Å². The topological polar surface area (TPSA) is 24.9 Å². The van der Waals surface area contributed by atoms with Crippen LogP contribution in [0, 0.1) is 0 Å². The Bertz CT molecular complexity index is 661. The predicted molar refractivity (Wildman–Crippen MR) is 97.0 cm³/mol. The molecular formula is C18H24N2O2Si. The maximum atomic E-state index is 5.74. The summed E-state index contributed by atoms with van der Waals surface area (Å²) in [7, 11) is 3.41. The Balaban J connectivity index is 2.04. The van der Waals surface area contributed by atoms with Gasteiger partial charge in [-0.1, -0.05) is 42.5 Å². The number of hydrogen-bond acceptors (Lipinski definition) is 4. The van der Waals surface area contributed by atoms with Gasteiger partial charge >= 0.3 is 8.56 Å². The number of nitrogens with zero attached hydrogens (tertiary/aromatic N) is 2. The van der Waals surface area contributed by atoms with Gasteiger partial charge in [0.15, 0.2) is 0 Å². The molecule has 1 unspecified atom stereocenters. The highest BCUT2D eigenvalue weighted by Gasteiger charge is 2.41. The SMILES string of the molecule is CO[Si](C)(CN1c2ccccc2N(C)C1c1ccccc1)OC. The number of fused-ring (bicyclic) bond motifs is 1. The second kappa shape index (κ2) is 6.35. The molecular weight excluding hydrogens is 304 g/mol. The van der Waals surface area contributed by atoms with Gasteiger partial charge in [-0.05, 0) is 24.2 Å². The number of hydrogen-bond donors (Lipinski definition) is 0. The summed E-state index contributed by atoms with van der Waals surface area (Å²) in [5.41, 5.74) is 3.75. The number of para-hydroxylation sites is 2. The second-order valence-corrected chi connectivity index (χ2v) is 9.45. The van der Waals surface area contributed by atoms with Gasteiger partial charge in [0.05, 0.1) is 17.5 Å². The van der Waals surface area contributed by atoms with Gasteiger partial charge in [0.25, 0.3) is 0 Å². The summed E-state index contributed by atoms with van der Waals surface area (Å²) < 4.78 is 11.5. The fraction of sp³-hybridized carbons (Fsp3) is 0.333. The van der Waals surface area contributed by atoms with Crippen molar-refractivity contribution in [1.82, 2.24) is 0 Å². The van der Waals surface area contributed by atoms with Crippen LogP contribution in [0.3, 0.4) is 0 Å². The Morgan fingerprint density at radius 3 is 2.09 bits per heavy atom. The average molecular weight is 328 g/mol. The lowest BCUT2D eigenvalue weighted by Crippen LogP contribution is -2.50. The molecule has 23 heavy (non-hydrogen) atoms. The van der Waals surface area contributed by atoms with Crippen LogP contribution >= 0.6 is 0 Å². The number of benzene rings is 2. The summed E-state index contributed by atoms with van der Waals surface area (Å²) in [4.78, 5) is 4.73. The molecule has 0 saturated carbocycles. The van der Waals surface area contributed by atoms with Crippen LogP contribution in [-0.4, -0.2) is 36.0 Å². The molecule has 1 aliphatic rings. The maximum Gasteiger partial charge on any atom is 0.354 e. The van der Waals surface area contributed by atoms with Crippen molar-refractivity contribution in [1.29, 1.82) is 0 Å². The monoisotopic (exact) mass is 328 g/mol. The van der Waals surface area contributed by atoms with Crippen LogP contribution in [0.4, 0.5) is 11.4 Å². The molecule has 0 aliphatic carbocycles. The van der Waals surface area contributed by atoms with E-state index < -0.39 is 8.56 Å². The number of rotatable bonds is 5.